The summed E-state index contributed by atoms with van der Waals surface area (Å²) in [6.45, 7) is 11.1. The second-order valence-corrected chi connectivity index (χ2v) is 3.88. The second-order valence-electron chi connectivity index (χ2n) is 1.76. The summed E-state index contributed by atoms with van der Waals surface area (Å²) < 4.78 is 5.23. The van der Waals surface area contributed by atoms with Crippen LogP contribution < -0.4 is 0 Å². The highest BCUT2D eigenvalue weighted by molar-refractivity contribution is 6.56. The van der Waals surface area contributed by atoms with Gasteiger partial charge in [-0.05, 0) is 13.5 Å². The highest BCUT2D eigenvalue weighted by Crippen LogP contribution is 1.94. The van der Waals surface area contributed by atoms with E-state index in [-0.39, 0.29) is 0 Å². The summed E-state index contributed by atoms with van der Waals surface area (Å²) >= 11 is 0. The molecule has 0 saturated heterocycles. The van der Waals surface area contributed by atoms with Crippen LogP contribution in [0.3, 0.4) is 0 Å². The molecule has 1 nitrogen and oxygen atoms in total. The van der Waals surface area contributed by atoms with Crippen LogP contribution in [0.15, 0.2) is 24.6 Å². The van der Waals surface area contributed by atoms with Crippen molar-refractivity contribution in [3.05, 3.63) is 24.6 Å². The largest absolute Gasteiger partial charge is 0.547 e. The van der Waals surface area contributed by atoms with Gasteiger partial charge in [0.25, 0.3) is 9.04 Å². The summed E-state index contributed by atoms with van der Waals surface area (Å²) in [6.07, 6.45) is 0. The Morgan fingerprint density at radius 3 is 2.38 bits per heavy atom. The molecule has 2 heteroatoms. The maximum atomic E-state index is 5.23. The van der Waals surface area contributed by atoms with Gasteiger partial charge in [0.15, 0.2) is 0 Å². The van der Waals surface area contributed by atoms with Gasteiger partial charge in [-0.2, -0.15) is 0 Å². The van der Waals surface area contributed by atoms with Crippen LogP contribution in [0.4, 0.5) is 0 Å². The number of hydrogen-bond acceptors (Lipinski definition) is 1. The zero-order valence-electron chi connectivity index (χ0n) is 5.48. The predicted molar refractivity (Wildman–Crippen MR) is 39.1 cm³/mol. The average Bonchev–Trinajstić information content (AvgIpc) is 1.65. The molecule has 0 heterocycles. The van der Waals surface area contributed by atoms with Crippen molar-refractivity contribution in [3.63, 3.8) is 0 Å². The van der Waals surface area contributed by atoms with Crippen molar-refractivity contribution in [3.8, 4) is 0 Å². The molecule has 0 spiro atoms. The molecule has 0 aliphatic rings. The van der Waals surface area contributed by atoms with Gasteiger partial charge in [-0.15, -0.1) is 6.58 Å². The van der Waals surface area contributed by atoms with Crippen molar-refractivity contribution in [1.82, 2.24) is 0 Å². The topological polar surface area (TPSA) is 9.23 Å². The monoisotopic (exact) mass is 128 g/mol. The van der Waals surface area contributed by atoms with Crippen molar-refractivity contribution < 1.29 is 4.43 Å². The second kappa shape index (κ2) is 3.49. The van der Waals surface area contributed by atoms with Gasteiger partial charge < -0.3 is 4.43 Å². The van der Waals surface area contributed by atoms with E-state index in [0.29, 0.717) is 0 Å². The highest BCUT2D eigenvalue weighted by Gasteiger charge is 1.95. The van der Waals surface area contributed by atoms with E-state index in [4.69, 9.17) is 4.43 Å². The normalized spacial score (nSPS) is 12.2. The van der Waals surface area contributed by atoms with Gasteiger partial charge in [-0.1, -0.05) is 12.3 Å². The van der Waals surface area contributed by atoms with Crippen molar-refractivity contribution >= 4 is 9.04 Å². The lowest BCUT2D eigenvalue weighted by Gasteiger charge is -2.06. The number of allylic oxidation sites excluding steroid dienone is 1. The van der Waals surface area contributed by atoms with E-state index >= 15 is 0 Å². The fraction of sp³-hybridized carbons (Fsp3) is 0.333. The van der Waals surface area contributed by atoms with E-state index < -0.39 is 9.04 Å². The zero-order valence-corrected chi connectivity index (χ0v) is 6.63. The Kier molecular flexibility index (Phi) is 3.27. The van der Waals surface area contributed by atoms with Gasteiger partial charge in [-0.25, -0.2) is 0 Å². The first-order valence-corrected chi connectivity index (χ1v) is 4.91. The Hall–Kier alpha value is -0.503. The summed E-state index contributed by atoms with van der Waals surface area (Å²) in [5.41, 5.74) is 1.87. The van der Waals surface area contributed by atoms with Crippen LogP contribution in [0.2, 0.25) is 6.55 Å². The van der Waals surface area contributed by atoms with Crippen molar-refractivity contribution in [2.75, 3.05) is 0 Å². The molecule has 0 radical (unpaired) electrons. The molecule has 0 rings (SSSR count). The van der Waals surface area contributed by atoms with Gasteiger partial charge in [0.05, 0.1) is 5.76 Å². The van der Waals surface area contributed by atoms with E-state index in [1.807, 2.05) is 12.6 Å². The smallest absolute Gasteiger partial charge is 0.256 e. The van der Waals surface area contributed by atoms with E-state index in [9.17, 15) is 0 Å². The first kappa shape index (κ1) is 7.50. The standard InChI is InChI=1S/C6H12OSi/c1-5-8(4)7-6(2)3/h5,8H,1-2H2,3-4H3. The Morgan fingerprint density at radius 1 is 1.75 bits per heavy atom. The van der Waals surface area contributed by atoms with Crippen LogP contribution >= 0.6 is 0 Å². The molecule has 0 N–H and O–H groups in total. The SMILES string of the molecule is C=C[SiH](C)OC(=C)C. The van der Waals surface area contributed by atoms with E-state index in [1.54, 1.807) is 0 Å². The molecule has 0 amide bonds. The molecule has 0 aliphatic carbocycles. The zero-order chi connectivity index (χ0) is 6.57. The van der Waals surface area contributed by atoms with Crippen LogP contribution in [0.1, 0.15) is 6.92 Å². The molecule has 46 valence electrons. The third-order valence-electron chi connectivity index (χ3n) is 0.719. The van der Waals surface area contributed by atoms with Crippen LogP contribution in [0.5, 0.6) is 0 Å². The maximum absolute atomic E-state index is 5.23. The highest BCUT2D eigenvalue weighted by atomic mass is 28.3. The lowest BCUT2D eigenvalue weighted by atomic mass is 10.7. The van der Waals surface area contributed by atoms with Crippen LogP contribution in [-0.2, 0) is 4.43 Å². The third-order valence-corrected chi connectivity index (χ3v) is 2.16. The van der Waals surface area contributed by atoms with Crippen molar-refractivity contribution in [2.45, 2.75) is 13.5 Å². The summed E-state index contributed by atoms with van der Waals surface area (Å²) in [5, 5.41) is 0. The molecular formula is C6H12OSi. The first-order chi connectivity index (χ1) is 3.66. The Bertz CT molecular complexity index is 98.7. The molecule has 1 atom stereocenters. The van der Waals surface area contributed by atoms with Gasteiger partial charge in [0.1, 0.15) is 0 Å². The molecular weight excluding hydrogens is 116 g/mol. The van der Waals surface area contributed by atoms with Crippen LogP contribution in [-0.4, -0.2) is 9.04 Å². The molecule has 0 aliphatic heterocycles. The minimum absolute atomic E-state index is 0.795. The maximum Gasteiger partial charge on any atom is 0.256 e. The summed E-state index contributed by atoms with van der Waals surface area (Å²) in [6, 6.07) is 0. The summed E-state index contributed by atoms with van der Waals surface area (Å²) in [7, 11) is -1.07. The molecule has 8 heavy (non-hydrogen) atoms. The van der Waals surface area contributed by atoms with Gasteiger partial charge in [0, 0.05) is 0 Å². The Morgan fingerprint density at radius 2 is 2.25 bits per heavy atom. The predicted octanol–water partition coefficient (Wildman–Crippen LogP) is 1.62. The lowest BCUT2D eigenvalue weighted by molar-refractivity contribution is 0.450. The molecule has 0 fully saturated rings. The molecule has 1 unspecified atom stereocenters. The van der Waals surface area contributed by atoms with Crippen LogP contribution in [0, 0.1) is 0 Å². The Labute approximate surface area is 52.4 Å². The minimum Gasteiger partial charge on any atom is -0.547 e. The van der Waals surface area contributed by atoms with E-state index in [1.165, 1.54) is 0 Å². The average molecular weight is 128 g/mol. The van der Waals surface area contributed by atoms with Crippen LogP contribution in [0.25, 0.3) is 0 Å². The van der Waals surface area contributed by atoms with Gasteiger partial charge >= 0.3 is 0 Å². The number of hydrogen-bond donors (Lipinski definition) is 0. The summed E-state index contributed by atoms with van der Waals surface area (Å²) in [4.78, 5) is 0. The van der Waals surface area contributed by atoms with Crippen molar-refractivity contribution in [2.24, 2.45) is 0 Å². The number of rotatable bonds is 3. The third kappa shape index (κ3) is 3.68. The van der Waals surface area contributed by atoms with E-state index in [0.717, 1.165) is 5.76 Å². The van der Waals surface area contributed by atoms with E-state index in [2.05, 4.69) is 19.7 Å². The quantitative estimate of drug-likeness (QED) is 0.414. The minimum atomic E-state index is -1.07. The molecule has 0 aromatic heterocycles. The van der Waals surface area contributed by atoms with Gasteiger partial charge in [-0.3, -0.25) is 0 Å². The fourth-order valence-corrected chi connectivity index (χ4v) is 1.10. The van der Waals surface area contributed by atoms with Gasteiger partial charge in [0.2, 0.25) is 0 Å². The molecule has 0 aromatic carbocycles. The molecule has 0 saturated carbocycles. The Balaban J connectivity index is 3.38. The lowest BCUT2D eigenvalue weighted by Crippen LogP contribution is -2.06. The summed E-state index contributed by atoms with van der Waals surface area (Å²) in [5.74, 6) is 0.795. The fourth-order valence-electron chi connectivity index (χ4n) is 0.365. The molecule has 0 bridgehead atoms. The first-order valence-electron chi connectivity index (χ1n) is 2.61. The van der Waals surface area contributed by atoms with Crippen molar-refractivity contribution in [1.29, 1.82) is 0 Å². The molecule has 0 aromatic rings.